The van der Waals surface area contributed by atoms with Gasteiger partial charge in [-0.3, -0.25) is 9.36 Å². The Morgan fingerprint density at radius 3 is 2.03 bits per heavy atom. The summed E-state index contributed by atoms with van der Waals surface area (Å²) in [5.41, 5.74) is -1.10. The van der Waals surface area contributed by atoms with Crippen LogP contribution in [0.4, 0.5) is 5.95 Å². The van der Waals surface area contributed by atoms with Crippen LogP contribution in [0.5, 0.6) is 0 Å². The number of hydrogen-bond donors (Lipinski definition) is 1. The second-order valence-corrected chi connectivity index (χ2v) is 11.0. The van der Waals surface area contributed by atoms with Gasteiger partial charge in [0, 0.05) is 33.1 Å². The molecule has 180 valence electrons. The van der Waals surface area contributed by atoms with Crippen molar-refractivity contribution < 1.29 is 0 Å². The molecule has 0 radical (unpaired) electrons. The number of aromatic nitrogens is 6. The molecular formula is C20H36N8O3S. The van der Waals surface area contributed by atoms with Crippen LogP contribution in [0, 0.1) is 5.41 Å². The normalized spacial score (nSPS) is 11.7. The minimum absolute atomic E-state index is 0.0822. The predicted molar refractivity (Wildman–Crippen MR) is 129 cm³/mol. The van der Waals surface area contributed by atoms with E-state index in [1.807, 2.05) is 62.6 Å². The zero-order chi connectivity index (χ0) is 25.0. The number of nitrogens with zero attached hydrogens (tertiary/aromatic N) is 7. The van der Waals surface area contributed by atoms with Crippen molar-refractivity contribution in [3.05, 3.63) is 37.0 Å². The van der Waals surface area contributed by atoms with Crippen LogP contribution in [0.3, 0.4) is 0 Å². The maximum atomic E-state index is 12.0. The number of rotatable bonds is 4. The first-order valence-corrected chi connectivity index (χ1v) is 11.2. The van der Waals surface area contributed by atoms with Crippen molar-refractivity contribution >= 4 is 17.7 Å². The van der Waals surface area contributed by atoms with Crippen LogP contribution < -0.4 is 27.7 Å². The van der Waals surface area contributed by atoms with Crippen LogP contribution in [0.15, 0.2) is 19.5 Å². The molecule has 2 N–H and O–H groups in total. The van der Waals surface area contributed by atoms with Gasteiger partial charge < -0.3 is 10.7 Å². The van der Waals surface area contributed by atoms with Gasteiger partial charge in [0.25, 0.3) is 5.56 Å². The third-order valence-electron chi connectivity index (χ3n) is 4.13. The summed E-state index contributed by atoms with van der Waals surface area (Å²) in [5.74, 6) is 6.88. The Bertz CT molecular complexity index is 1100. The van der Waals surface area contributed by atoms with E-state index in [0.29, 0.717) is 23.9 Å². The zero-order valence-corrected chi connectivity index (χ0v) is 21.6. The van der Waals surface area contributed by atoms with Crippen LogP contribution in [0.25, 0.3) is 0 Å². The van der Waals surface area contributed by atoms with E-state index in [-0.39, 0.29) is 21.5 Å². The van der Waals surface area contributed by atoms with Gasteiger partial charge in [-0.05, 0) is 11.2 Å². The molecule has 2 aromatic heterocycles. The molecule has 32 heavy (non-hydrogen) atoms. The van der Waals surface area contributed by atoms with E-state index in [0.717, 1.165) is 9.24 Å². The van der Waals surface area contributed by atoms with Gasteiger partial charge in [-0.25, -0.2) is 14.2 Å². The Hall–Kier alpha value is -2.63. The molecule has 2 heterocycles. The molecule has 0 saturated heterocycles. The molecule has 0 unspecified atom stereocenters. The highest BCUT2D eigenvalue weighted by molar-refractivity contribution is 7.99. The van der Waals surface area contributed by atoms with E-state index in [1.165, 1.54) is 16.3 Å². The van der Waals surface area contributed by atoms with E-state index >= 15 is 0 Å². The van der Waals surface area contributed by atoms with Crippen LogP contribution in [0.1, 0.15) is 54.2 Å². The number of nitrogens with two attached hydrogens (primary N) is 1. The summed E-state index contributed by atoms with van der Waals surface area (Å²) in [6.45, 7) is 13.9. The highest BCUT2D eigenvalue weighted by atomic mass is 32.2. The van der Waals surface area contributed by atoms with Gasteiger partial charge in [0.1, 0.15) is 5.69 Å². The Morgan fingerprint density at radius 2 is 1.59 bits per heavy atom. The molecule has 2 aromatic rings. The van der Waals surface area contributed by atoms with Gasteiger partial charge in [-0.1, -0.05) is 60.2 Å². The van der Waals surface area contributed by atoms with Crippen molar-refractivity contribution in [1.29, 1.82) is 0 Å². The largest absolute Gasteiger partial charge is 0.354 e. The lowest BCUT2D eigenvalue weighted by Crippen LogP contribution is -2.47. The molecule has 0 bridgehead atoms. The average Bonchev–Trinajstić information content (AvgIpc) is 2.64. The molecular weight excluding hydrogens is 432 g/mol. The van der Waals surface area contributed by atoms with Gasteiger partial charge in [0.2, 0.25) is 5.95 Å². The SMILES string of the molecule is CCSc1nc(=O)n(CC(C)(C)C)c(=O)n1N.CN(C)c1nnc(C(C)(C)C)c(=O)n1C. The summed E-state index contributed by atoms with van der Waals surface area (Å²) in [6.07, 6.45) is 0. The average molecular weight is 469 g/mol. The van der Waals surface area contributed by atoms with Crippen LogP contribution in [-0.2, 0) is 19.0 Å². The summed E-state index contributed by atoms with van der Waals surface area (Å²) < 4.78 is 3.52. The molecule has 11 nitrogen and oxygen atoms in total. The van der Waals surface area contributed by atoms with Gasteiger partial charge in [-0.2, -0.15) is 9.66 Å². The number of hydrogen-bond acceptors (Lipinski definition) is 9. The number of thioether (sulfide) groups is 1. The molecule has 0 amide bonds. The third kappa shape index (κ3) is 6.94. The van der Waals surface area contributed by atoms with Gasteiger partial charge in [0.15, 0.2) is 5.16 Å². The molecule has 0 spiro atoms. The molecule has 12 heteroatoms. The Morgan fingerprint density at radius 1 is 1.03 bits per heavy atom. The van der Waals surface area contributed by atoms with E-state index < -0.39 is 11.4 Å². The zero-order valence-electron chi connectivity index (χ0n) is 20.8. The maximum absolute atomic E-state index is 12.0. The highest BCUT2D eigenvalue weighted by Gasteiger charge is 2.22. The lowest BCUT2D eigenvalue weighted by atomic mass is 9.93. The van der Waals surface area contributed by atoms with Crippen LogP contribution in [0.2, 0.25) is 0 Å². The van der Waals surface area contributed by atoms with Crippen molar-refractivity contribution in [3.63, 3.8) is 0 Å². The lowest BCUT2D eigenvalue weighted by molar-refractivity contribution is 0.320. The second-order valence-electron chi connectivity index (χ2n) is 9.77. The van der Waals surface area contributed by atoms with Crippen molar-refractivity contribution in [2.45, 2.75) is 65.6 Å². The smallest absolute Gasteiger partial charge is 0.347 e. The monoisotopic (exact) mass is 468 g/mol. The van der Waals surface area contributed by atoms with Gasteiger partial charge >= 0.3 is 11.4 Å². The van der Waals surface area contributed by atoms with E-state index in [9.17, 15) is 14.4 Å². The minimum Gasteiger partial charge on any atom is -0.347 e. The second kappa shape index (κ2) is 10.3. The first kappa shape index (κ1) is 27.4. The highest BCUT2D eigenvalue weighted by Crippen LogP contribution is 2.16. The Balaban J connectivity index is 0.000000323. The van der Waals surface area contributed by atoms with Crippen molar-refractivity contribution in [2.75, 3.05) is 30.6 Å². The van der Waals surface area contributed by atoms with E-state index in [1.54, 1.807) is 11.9 Å². The van der Waals surface area contributed by atoms with Crippen molar-refractivity contribution in [2.24, 2.45) is 12.5 Å². The van der Waals surface area contributed by atoms with Gasteiger partial charge in [-0.15, -0.1) is 10.2 Å². The first-order valence-electron chi connectivity index (χ1n) is 10.2. The van der Waals surface area contributed by atoms with E-state index in [4.69, 9.17) is 5.84 Å². The fraction of sp³-hybridized carbons (Fsp3) is 0.700. The summed E-state index contributed by atoms with van der Waals surface area (Å²) >= 11 is 1.27. The molecule has 0 aliphatic rings. The van der Waals surface area contributed by atoms with Crippen molar-refractivity contribution in [1.82, 2.24) is 29.0 Å². The molecule has 0 aromatic carbocycles. The quantitative estimate of drug-likeness (QED) is 0.511. The fourth-order valence-electron chi connectivity index (χ4n) is 2.64. The van der Waals surface area contributed by atoms with Crippen molar-refractivity contribution in [3.8, 4) is 0 Å². The van der Waals surface area contributed by atoms with Gasteiger partial charge in [0.05, 0.1) is 0 Å². The van der Waals surface area contributed by atoms with E-state index in [2.05, 4.69) is 15.2 Å². The molecule has 0 saturated carbocycles. The first-order chi connectivity index (χ1) is 14.5. The number of nitrogen functional groups attached to an aromatic ring is 1. The number of anilines is 1. The summed E-state index contributed by atoms with van der Waals surface area (Å²) in [7, 11) is 5.38. The molecule has 0 aliphatic heterocycles. The Labute approximate surface area is 192 Å². The predicted octanol–water partition coefficient (Wildman–Crippen LogP) is 0.816. The summed E-state index contributed by atoms with van der Waals surface area (Å²) in [5, 5.41) is 8.31. The third-order valence-corrected chi connectivity index (χ3v) is 4.96. The Kier molecular flexibility index (Phi) is 8.84. The standard InChI is InChI=1S/C10H18N4O2S.C10H18N4O/c1-5-17-8-12-7(15)13(6-10(2,3)4)9(16)14(8)11;1-10(2,3)7-8(15)14(6)9(12-11-7)13(4)5/h5-6,11H2,1-4H3;1-6H3. The summed E-state index contributed by atoms with van der Waals surface area (Å²) in [6, 6.07) is 0. The molecule has 2 rings (SSSR count). The van der Waals surface area contributed by atoms with Crippen LogP contribution in [-0.4, -0.2) is 48.8 Å². The topological polar surface area (TPSA) is 134 Å². The minimum atomic E-state index is -0.539. The maximum Gasteiger partial charge on any atom is 0.354 e. The molecule has 0 fully saturated rings. The molecule has 0 aliphatic carbocycles. The molecule has 0 atom stereocenters. The fourth-order valence-corrected chi connectivity index (χ4v) is 3.26. The summed E-state index contributed by atoms with van der Waals surface area (Å²) in [4.78, 5) is 41.2. The van der Waals surface area contributed by atoms with Crippen LogP contribution >= 0.6 is 11.8 Å². The lowest BCUT2D eigenvalue weighted by Gasteiger charge is -2.19.